The minimum absolute atomic E-state index is 0.128. The Morgan fingerprint density at radius 2 is 1.48 bits per heavy atom. The van der Waals surface area contributed by atoms with Crippen molar-refractivity contribution in [2.75, 3.05) is 14.2 Å². The number of carbonyl (C=O) groups excluding carboxylic acids is 3. The Bertz CT molecular complexity index is 951. The van der Waals surface area contributed by atoms with Gasteiger partial charge in [-0.05, 0) is 55.2 Å². The maximum Gasteiger partial charge on any atom is 0.326 e. The molecule has 2 N–H and O–H groups in total. The fraction of sp³-hybridized carbons (Fsp3) is 0.348. The number of benzene rings is 2. The van der Waals surface area contributed by atoms with Crippen LogP contribution in [0.15, 0.2) is 48.5 Å². The van der Waals surface area contributed by atoms with Gasteiger partial charge in [-0.15, -0.1) is 0 Å². The van der Waals surface area contributed by atoms with Crippen LogP contribution in [0.3, 0.4) is 0 Å². The monoisotopic (exact) mass is 423 g/mol. The van der Waals surface area contributed by atoms with Gasteiger partial charge in [-0.2, -0.15) is 0 Å². The Kier molecular flexibility index (Phi) is 5.31. The zero-order valence-electron chi connectivity index (χ0n) is 17.7. The topological polar surface area (TPSA) is 97.0 Å². The van der Waals surface area contributed by atoms with Gasteiger partial charge in [0.1, 0.15) is 17.5 Å². The van der Waals surface area contributed by atoms with E-state index in [-0.39, 0.29) is 11.9 Å². The summed E-state index contributed by atoms with van der Waals surface area (Å²) in [5.41, 5.74) is -0.341. The van der Waals surface area contributed by atoms with Crippen LogP contribution in [-0.2, 0) is 15.1 Å². The molecule has 2 fully saturated rings. The Hall–Kier alpha value is -3.55. The zero-order chi connectivity index (χ0) is 22.2. The number of hydrogen-bond donors (Lipinski definition) is 2. The molecule has 31 heavy (non-hydrogen) atoms. The van der Waals surface area contributed by atoms with Crippen molar-refractivity contribution in [3.63, 3.8) is 0 Å². The van der Waals surface area contributed by atoms with Gasteiger partial charge in [-0.3, -0.25) is 9.59 Å². The number of rotatable bonds is 7. The third kappa shape index (κ3) is 3.58. The highest BCUT2D eigenvalue weighted by molar-refractivity contribution is 6.12. The number of methoxy groups -OCH3 is 2. The smallest absolute Gasteiger partial charge is 0.326 e. The first kappa shape index (κ1) is 20.7. The van der Waals surface area contributed by atoms with Gasteiger partial charge in [-0.25, -0.2) is 9.69 Å². The van der Waals surface area contributed by atoms with Crippen LogP contribution in [0.25, 0.3) is 0 Å². The Morgan fingerprint density at radius 3 is 1.90 bits per heavy atom. The fourth-order valence-corrected chi connectivity index (χ4v) is 3.81. The standard InChI is InChI=1S/C23H25N3O5/c1-14(20(27)24-17-8-9-17)26-21(28)23(25-22(26)29,15-4-10-18(30-2)11-5-15)16-6-12-19(31-3)13-7-16/h4-7,10-14,17H,8-9H2,1-3H3,(H,24,27)(H,25,29)/t14-/m1/s1. The average Bonchev–Trinajstić information content (AvgIpc) is 3.57. The molecule has 1 saturated carbocycles. The summed E-state index contributed by atoms with van der Waals surface area (Å²) in [6, 6.07) is 12.4. The molecule has 1 aliphatic heterocycles. The molecule has 2 aromatic carbocycles. The first-order chi connectivity index (χ1) is 14.9. The second kappa shape index (κ2) is 7.94. The quantitative estimate of drug-likeness (QED) is 0.666. The molecule has 4 amide bonds. The molecule has 2 aromatic rings. The lowest BCUT2D eigenvalue weighted by Crippen LogP contribution is -2.50. The number of hydrogen-bond acceptors (Lipinski definition) is 5. The van der Waals surface area contributed by atoms with E-state index in [0.717, 1.165) is 17.7 Å². The Labute approximate surface area is 180 Å². The molecule has 8 heteroatoms. The van der Waals surface area contributed by atoms with Crippen LogP contribution in [0.4, 0.5) is 4.79 Å². The van der Waals surface area contributed by atoms with Gasteiger partial charge in [0.2, 0.25) is 5.91 Å². The van der Waals surface area contributed by atoms with Crippen molar-refractivity contribution in [3.8, 4) is 11.5 Å². The van der Waals surface area contributed by atoms with Gasteiger partial charge in [-0.1, -0.05) is 24.3 Å². The van der Waals surface area contributed by atoms with Crippen molar-refractivity contribution in [2.24, 2.45) is 0 Å². The molecule has 1 heterocycles. The first-order valence-electron chi connectivity index (χ1n) is 10.2. The van der Waals surface area contributed by atoms with E-state index in [4.69, 9.17) is 9.47 Å². The lowest BCUT2D eigenvalue weighted by atomic mass is 9.82. The van der Waals surface area contributed by atoms with E-state index in [0.29, 0.717) is 22.6 Å². The largest absolute Gasteiger partial charge is 0.497 e. The maximum absolute atomic E-state index is 13.8. The molecule has 1 saturated heterocycles. The summed E-state index contributed by atoms with van der Waals surface area (Å²) in [4.78, 5) is 40.4. The molecular weight excluding hydrogens is 398 g/mol. The predicted molar refractivity (Wildman–Crippen MR) is 113 cm³/mol. The van der Waals surface area contributed by atoms with Gasteiger partial charge in [0.05, 0.1) is 14.2 Å². The van der Waals surface area contributed by atoms with Crippen molar-refractivity contribution < 1.29 is 23.9 Å². The normalized spacial score (nSPS) is 18.4. The lowest BCUT2D eigenvalue weighted by Gasteiger charge is -2.29. The van der Waals surface area contributed by atoms with Crippen molar-refractivity contribution in [2.45, 2.75) is 37.4 Å². The van der Waals surface area contributed by atoms with E-state index in [1.54, 1.807) is 69.7 Å². The summed E-state index contributed by atoms with van der Waals surface area (Å²) in [6.07, 6.45) is 1.83. The molecule has 1 aliphatic carbocycles. The number of nitrogens with one attached hydrogen (secondary N) is 2. The van der Waals surface area contributed by atoms with Crippen LogP contribution in [0.1, 0.15) is 30.9 Å². The summed E-state index contributed by atoms with van der Waals surface area (Å²) in [6.45, 7) is 1.56. The van der Waals surface area contributed by atoms with E-state index >= 15 is 0 Å². The Balaban J connectivity index is 1.77. The molecule has 0 spiro atoms. The number of ether oxygens (including phenoxy) is 2. The summed E-state index contributed by atoms with van der Waals surface area (Å²) in [7, 11) is 3.11. The maximum atomic E-state index is 13.8. The van der Waals surface area contributed by atoms with E-state index < -0.39 is 23.5 Å². The van der Waals surface area contributed by atoms with Gasteiger partial charge < -0.3 is 20.1 Å². The number of carbonyl (C=O) groups is 3. The average molecular weight is 423 g/mol. The molecule has 0 unspecified atom stereocenters. The third-order valence-corrected chi connectivity index (χ3v) is 5.79. The van der Waals surface area contributed by atoms with Crippen LogP contribution in [0, 0.1) is 0 Å². The van der Waals surface area contributed by atoms with Crippen LogP contribution >= 0.6 is 0 Å². The summed E-state index contributed by atoms with van der Waals surface area (Å²) >= 11 is 0. The van der Waals surface area contributed by atoms with Crippen LogP contribution < -0.4 is 20.1 Å². The number of urea groups is 1. The highest BCUT2D eigenvalue weighted by atomic mass is 16.5. The second-order valence-electron chi connectivity index (χ2n) is 7.77. The summed E-state index contributed by atoms with van der Waals surface area (Å²) in [5, 5.41) is 5.72. The second-order valence-corrected chi connectivity index (χ2v) is 7.77. The van der Waals surface area contributed by atoms with Crippen molar-refractivity contribution in [1.29, 1.82) is 0 Å². The first-order valence-corrected chi connectivity index (χ1v) is 10.2. The predicted octanol–water partition coefficient (Wildman–Crippen LogP) is 2.17. The van der Waals surface area contributed by atoms with Gasteiger partial charge in [0.15, 0.2) is 5.54 Å². The van der Waals surface area contributed by atoms with Crippen LogP contribution in [-0.4, -0.2) is 49.0 Å². The molecule has 162 valence electrons. The molecule has 0 aromatic heterocycles. The summed E-state index contributed by atoms with van der Waals surface area (Å²) < 4.78 is 10.5. The highest BCUT2D eigenvalue weighted by Crippen LogP contribution is 2.38. The molecule has 2 aliphatic rings. The zero-order valence-corrected chi connectivity index (χ0v) is 17.7. The molecular formula is C23H25N3O5. The van der Waals surface area contributed by atoms with E-state index in [1.165, 1.54) is 0 Å². The number of amides is 4. The van der Waals surface area contributed by atoms with E-state index in [1.807, 2.05) is 0 Å². The summed E-state index contributed by atoms with van der Waals surface area (Å²) in [5.74, 6) is 0.399. The minimum atomic E-state index is -1.47. The van der Waals surface area contributed by atoms with E-state index in [2.05, 4.69) is 10.6 Å². The van der Waals surface area contributed by atoms with Crippen molar-refractivity contribution >= 4 is 17.8 Å². The molecule has 0 radical (unpaired) electrons. The van der Waals surface area contributed by atoms with E-state index in [9.17, 15) is 14.4 Å². The van der Waals surface area contributed by atoms with Gasteiger partial charge in [0.25, 0.3) is 5.91 Å². The Morgan fingerprint density at radius 1 is 1.00 bits per heavy atom. The van der Waals surface area contributed by atoms with Crippen molar-refractivity contribution in [3.05, 3.63) is 59.7 Å². The van der Waals surface area contributed by atoms with Gasteiger partial charge >= 0.3 is 6.03 Å². The van der Waals surface area contributed by atoms with Crippen LogP contribution in [0.5, 0.6) is 11.5 Å². The van der Waals surface area contributed by atoms with Gasteiger partial charge in [0, 0.05) is 6.04 Å². The van der Waals surface area contributed by atoms with Crippen LogP contribution in [0.2, 0.25) is 0 Å². The lowest BCUT2D eigenvalue weighted by molar-refractivity contribution is -0.137. The molecule has 4 rings (SSSR count). The molecule has 1 atom stereocenters. The number of imide groups is 1. The highest BCUT2D eigenvalue weighted by Gasteiger charge is 2.56. The number of nitrogens with zero attached hydrogens (tertiary/aromatic N) is 1. The molecule has 8 nitrogen and oxygen atoms in total. The van der Waals surface area contributed by atoms with Crippen molar-refractivity contribution in [1.82, 2.24) is 15.5 Å². The third-order valence-electron chi connectivity index (χ3n) is 5.79. The minimum Gasteiger partial charge on any atom is -0.497 e. The molecule has 0 bridgehead atoms. The fourth-order valence-electron chi connectivity index (χ4n) is 3.81. The SMILES string of the molecule is COc1ccc(C2(c3ccc(OC)cc3)NC(=O)N([C@H](C)C(=O)NC3CC3)C2=O)cc1.